The molecule has 4 heterocycles. The van der Waals surface area contributed by atoms with Crippen LogP contribution in [0.2, 0.25) is 5.02 Å². The number of ether oxygens (including phenoxy) is 1. The quantitative estimate of drug-likeness (QED) is 0.510. The molecule has 8 nitrogen and oxygen atoms in total. The number of rotatable bonds is 5. The monoisotopic (exact) mass is 494 g/mol. The highest BCUT2D eigenvalue weighted by atomic mass is 35.5. The van der Waals surface area contributed by atoms with E-state index in [1.807, 2.05) is 23.1 Å². The topological polar surface area (TPSA) is 87.0 Å². The fourth-order valence-electron chi connectivity index (χ4n) is 4.68. The summed E-state index contributed by atoms with van der Waals surface area (Å²) >= 11 is 6.02. The molecular weight excluding hydrogens is 468 g/mol. The van der Waals surface area contributed by atoms with Crippen molar-refractivity contribution >= 4 is 34.9 Å². The number of hydrogen-bond acceptors (Lipinski definition) is 5. The van der Waals surface area contributed by atoms with Crippen LogP contribution in [0, 0.1) is 0 Å². The summed E-state index contributed by atoms with van der Waals surface area (Å²) in [6.07, 6.45) is 2.04. The van der Waals surface area contributed by atoms with Crippen LogP contribution in [0.3, 0.4) is 0 Å². The fourth-order valence-corrected chi connectivity index (χ4v) is 4.86. The average molecular weight is 495 g/mol. The van der Waals surface area contributed by atoms with E-state index in [4.69, 9.17) is 20.8 Å². The van der Waals surface area contributed by atoms with Crippen molar-refractivity contribution in [3.8, 4) is 17.1 Å². The van der Waals surface area contributed by atoms with Crippen molar-refractivity contribution in [3.05, 3.63) is 65.4 Å². The molecule has 0 aliphatic carbocycles. The second-order valence-electron chi connectivity index (χ2n) is 8.74. The van der Waals surface area contributed by atoms with Crippen molar-refractivity contribution in [3.63, 3.8) is 0 Å². The van der Waals surface area contributed by atoms with Crippen LogP contribution in [0.5, 0.6) is 5.75 Å². The summed E-state index contributed by atoms with van der Waals surface area (Å²) in [5.74, 6) is 1.43. The number of amides is 3. The van der Waals surface area contributed by atoms with Gasteiger partial charge in [0.15, 0.2) is 5.76 Å². The lowest BCUT2D eigenvalue weighted by atomic mass is 10.1. The Morgan fingerprint density at radius 1 is 0.971 bits per heavy atom. The first-order valence-electron chi connectivity index (χ1n) is 11.7. The zero-order valence-corrected chi connectivity index (χ0v) is 20.2. The zero-order valence-electron chi connectivity index (χ0n) is 19.4. The Hall–Kier alpha value is -3.49. The summed E-state index contributed by atoms with van der Waals surface area (Å²) in [5, 5.41) is 6.01. The van der Waals surface area contributed by atoms with Crippen molar-refractivity contribution in [2.45, 2.75) is 18.9 Å². The lowest BCUT2D eigenvalue weighted by Crippen LogP contribution is -2.41. The largest absolute Gasteiger partial charge is 0.495 e. The first kappa shape index (κ1) is 23.3. The molecule has 3 amide bonds. The Morgan fingerprint density at radius 2 is 1.74 bits per heavy atom. The zero-order chi connectivity index (χ0) is 24.4. The van der Waals surface area contributed by atoms with Crippen LogP contribution in [0.1, 0.15) is 23.4 Å². The number of halogens is 1. The molecule has 2 N–H and O–H groups in total. The minimum absolute atomic E-state index is 0.0450. The number of anilines is 2. The van der Waals surface area contributed by atoms with E-state index in [0.29, 0.717) is 33.7 Å². The molecule has 3 aromatic rings. The Balaban J connectivity index is 1.23. The SMILES string of the molecule is COc1ccc(Cl)cc1NC(=O)Nc1ccc(-c2ccc(C(=O)N3CCN4CCC3CC4)o2)cc1. The van der Waals surface area contributed by atoms with E-state index in [1.54, 1.807) is 36.4 Å². The first-order chi connectivity index (χ1) is 17.0. The molecule has 9 heteroatoms. The number of nitrogens with zero attached hydrogens (tertiary/aromatic N) is 2. The number of piperidine rings is 1. The summed E-state index contributed by atoms with van der Waals surface area (Å²) < 4.78 is 11.2. The van der Waals surface area contributed by atoms with Crippen LogP contribution in [0.15, 0.2) is 59.0 Å². The van der Waals surface area contributed by atoms with Gasteiger partial charge in [-0.1, -0.05) is 11.6 Å². The number of fused-ring (bicyclic) bond motifs is 4. The van der Waals surface area contributed by atoms with E-state index in [9.17, 15) is 9.59 Å². The highest BCUT2D eigenvalue weighted by molar-refractivity contribution is 6.31. The summed E-state index contributed by atoms with van der Waals surface area (Å²) in [4.78, 5) is 29.9. The second kappa shape index (κ2) is 10.0. The first-order valence-corrected chi connectivity index (χ1v) is 12.0. The predicted octanol–water partition coefficient (Wildman–Crippen LogP) is 5.17. The van der Waals surface area contributed by atoms with Gasteiger partial charge in [-0.2, -0.15) is 0 Å². The molecule has 3 saturated heterocycles. The van der Waals surface area contributed by atoms with Crippen LogP contribution >= 0.6 is 11.6 Å². The van der Waals surface area contributed by atoms with E-state index in [0.717, 1.165) is 44.6 Å². The lowest BCUT2D eigenvalue weighted by molar-refractivity contribution is 0.0653. The smallest absolute Gasteiger partial charge is 0.323 e. The highest BCUT2D eigenvalue weighted by Gasteiger charge is 2.33. The molecule has 1 aromatic heterocycles. The van der Waals surface area contributed by atoms with Crippen molar-refractivity contribution in [2.24, 2.45) is 0 Å². The molecule has 182 valence electrons. The fraction of sp³-hybridized carbons (Fsp3) is 0.308. The number of carbonyl (C=O) groups excluding carboxylic acids is 2. The van der Waals surface area contributed by atoms with Gasteiger partial charge in [-0.3, -0.25) is 4.79 Å². The minimum atomic E-state index is -0.424. The highest BCUT2D eigenvalue weighted by Crippen LogP contribution is 2.29. The van der Waals surface area contributed by atoms with Crippen LogP contribution < -0.4 is 15.4 Å². The molecule has 35 heavy (non-hydrogen) atoms. The number of nitrogens with one attached hydrogen (secondary N) is 2. The number of furan rings is 1. The van der Waals surface area contributed by atoms with E-state index in [1.165, 1.54) is 7.11 Å². The molecule has 3 aliphatic rings. The van der Waals surface area contributed by atoms with Crippen LogP contribution in [-0.2, 0) is 0 Å². The number of urea groups is 1. The van der Waals surface area contributed by atoms with Crippen molar-refractivity contribution < 1.29 is 18.7 Å². The average Bonchev–Trinajstić information content (AvgIpc) is 3.17. The van der Waals surface area contributed by atoms with Gasteiger partial charge >= 0.3 is 6.03 Å². The maximum absolute atomic E-state index is 13.1. The summed E-state index contributed by atoms with van der Waals surface area (Å²) in [6.45, 7) is 3.77. The molecule has 0 radical (unpaired) electrons. The van der Waals surface area contributed by atoms with Gasteiger partial charge in [0.05, 0.1) is 12.8 Å². The van der Waals surface area contributed by atoms with Gasteiger partial charge in [0.1, 0.15) is 11.5 Å². The van der Waals surface area contributed by atoms with Crippen molar-refractivity contribution in [2.75, 3.05) is 43.9 Å². The number of carbonyl (C=O) groups is 2. The standard InChI is InChI=1S/C26H27ClN4O4/c1-34-23-7-4-18(27)16-21(23)29-26(33)28-19-5-2-17(3-6-19)22-8-9-24(35-22)25(32)31-15-14-30-12-10-20(31)11-13-30/h2-9,16,20H,10-15H2,1H3,(H2,28,29,33). The molecule has 6 rings (SSSR count). The maximum atomic E-state index is 13.1. The molecule has 3 aliphatic heterocycles. The molecular formula is C26H27ClN4O4. The van der Waals surface area contributed by atoms with E-state index < -0.39 is 6.03 Å². The van der Waals surface area contributed by atoms with Crippen LogP contribution in [0.4, 0.5) is 16.2 Å². The summed E-state index contributed by atoms with van der Waals surface area (Å²) in [6, 6.07) is 15.6. The Morgan fingerprint density at radius 3 is 2.49 bits per heavy atom. The van der Waals surface area contributed by atoms with Gasteiger partial charge in [-0.15, -0.1) is 0 Å². The molecule has 3 fully saturated rings. The van der Waals surface area contributed by atoms with Gasteiger partial charge in [-0.05, 0) is 67.4 Å². The predicted molar refractivity (Wildman–Crippen MR) is 135 cm³/mol. The van der Waals surface area contributed by atoms with Gasteiger partial charge in [0.2, 0.25) is 0 Å². The maximum Gasteiger partial charge on any atom is 0.323 e. The third-order valence-corrected chi connectivity index (χ3v) is 6.80. The van der Waals surface area contributed by atoms with Crippen molar-refractivity contribution in [1.82, 2.24) is 9.80 Å². The molecule has 0 spiro atoms. The van der Waals surface area contributed by atoms with Crippen LogP contribution in [0.25, 0.3) is 11.3 Å². The molecule has 2 bridgehead atoms. The molecule has 2 aromatic carbocycles. The van der Waals surface area contributed by atoms with Gasteiger partial charge in [-0.25, -0.2) is 4.79 Å². The number of methoxy groups -OCH3 is 1. The van der Waals surface area contributed by atoms with E-state index in [2.05, 4.69) is 15.5 Å². The molecule has 0 atom stereocenters. The third kappa shape index (κ3) is 5.13. The Labute approximate surface area is 208 Å². The molecule has 0 unspecified atom stereocenters. The third-order valence-electron chi connectivity index (χ3n) is 6.57. The number of benzene rings is 2. The Bertz CT molecular complexity index is 1220. The summed E-state index contributed by atoms with van der Waals surface area (Å²) in [7, 11) is 1.52. The second-order valence-corrected chi connectivity index (χ2v) is 9.17. The number of hydrogen-bond donors (Lipinski definition) is 2. The normalized spacial score (nSPS) is 19.2. The van der Waals surface area contributed by atoms with Crippen LogP contribution in [-0.4, -0.2) is 61.1 Å². The molecule has 0 saturated carbocycles. The van der Waals surface area contributed by atoms with E-state index >= 15 is 0 Å². The van der Waals surface area contributed by atoms with Gasteiger partial charge < -0.3 is 29.6 Å². The van der Waals surface area contributed by atoms with E-state index in [-0.39, 0.29) is 11.9 Å². The van der Waals surface area contributed by atoms with Gasteiger partial charge in [0, 0.05) is 48.5 Å². The van der Waals surface area contributed by atoms with Gasteiger partial charge in [0.25, 0.3) is 5.91 Å². The summed E-state index contributed by atoms with van der Waals surface area (Å²) in [5.41, 5.74) is 1.89. The van der Waals surface area contributed by atoms with Crippen molar-refractivity contribution in [1.29, 1.82) is 0 Å². The minimum Gasteiger partial charge on any atom is -0.495 e. The Kier molecular flexibility index (Phi) is 6.66. The lowest BCUT2D eigenvalue weighted by Gasteiger charge is -2.30.